The Morgan fingerprint density at radius 2 is 0.780 bits per heavy atom. The van der Waals surface area contributed by atoms with E-state index in [0.717, 1.165) is 66.3 Å². The summed E-state index contributed by atoms with van der Waals surface area (Å²) in [5.74, 6) is 1.74. The molecule has 0 aliphatic heterocycles. The standard InChI is InChI=1S/C45H34B8N4O2/c46-33-31-32-34(47)36(49)38(51)40(53)42(32)57(41(31)39(52)37(50)35(33)48)22-12-15-26-25-14-11-21(17-29(25)59-30(26)18-22)45-55-43(19-6-2-1-3-7-19)54-44(56-45)20-10-13-24-23-8-4-5-9-27(23)58-28(24)16-20/h1-18H,46-53H2. The summed E-state index contributed by atoms with van der Waals surface area (Å²) in [5.41, 5.74) is 20.2. The summed E-state index contributed by atoms with van der Waals surface area (Å²) in [6, 6.07) is 37.3. The normalized spacial score (nSPS) is 11.9. The highest BCUT2D eigenvalue weighted by atomic mass is 16.3. The predicted octanol–water partition coefficient (Wildman–Crippen LogP) is -2.16. The van der Waals surface area contributed by atoms with Crippen LogP contribution >= 0.6 is 0 Å². The van der Waals surface area contributed by atoms with Crippen LogP contribution in [-0.2, 0) is 0 Å². The quantitative estimate of drug-likeness (QED) is 0.192. The zero-order valence-electron chi connectivity index (χ0n) is 34.5. The smallest absolute Gasteiger partial charge is 0.164 e. The number of furan rings is 2. The van der Waals surface area contributed by atoms with Gasteiger partial charge in [0.1, 0.15) is 85.1 Å². The lowest BCUT2D eigenvalue weighted by Gasteiger charge is -2.16. The van der Waals surface area contributed by atoms with Crippen molar-refractivity contribution < 1.29 is 8.83 Å². The molecular formula is C45H34B8N4O2. The van der Waals surface area contributed by atoms with Crippen LogP contribution in [0.3, 0.4) is 0 Å². The highest BCUT2D eigenvalue weighted by Crippen LogP contribution is 2.36. The number of rotatable bonds is 4. The topological polar surface area (TPSA) is 69.9 Å². The Balaban J connectivity index is 1.08. The van der Waals surface area contributed by atoms with Gasteiger partial charge in [-0.2, -0.15) is 0 Å². The maximum absolute atomic E-state index is 6.78. The molecule has 59 heavy (non-hydrogen) atoms. The third-order valence-corrected chi connectivity index (χ3v) is 13.3. The summed E-state index contributed by atoms with van der Waals surface area (Å²) in [5, 5.41) is 6.95. The van der Waals surface area contributed by atoms with Crippen molar-refractivity contribution >= 4 is 172 Å². The Hall–Kier alpha value is -6.53. The molecule has 0 amide bonds. The number of aromatic nitrogens is 4. The second-order valence-corrected chi connectivity index (χ2v) is 16.3. The summed E-state index contributed by atoms with van der Waals surface area (Å²) in [6.45, 7) is 0. The third-order valence-electron chi connectivity index (χ3n) is 13.3. The third kappa shape index (κ3) is 5.21. The molecule has 0 aliphatic rings. The number of hydrogen-bond acceptors (Lipinski definition) is 5. The van der Waals surface area contributed by atoms with E-state index in [4.69, 9.17) is 23.8 Å². The van der Waals surface area contributed by atoms with E-state index in [-0.39, 0.29) is 0 Å². The largest absolute Gasteiger partial charge is 0.456 e. The zero-order chi connectivity index (χ0) is 40.4. The van der Waals surface area contributed by atoms with E-state index >= 15 is 0 Å². The molecule has 0 aliphatic carbocycles. The molecule has 14 heteroatoms. The Morgan fingerprint density at radius 3 is 1.34 bits per heavy atom. The van der Waals surface area contributed by atoms with Crippen LogP contribution in [0.1, 0.15) is 0 Å². The Kier molecular flexibility index (Phi) is 7.84. The maximum atomic E-state index is 6.78. The molecule has 0 fully saturated rings. The van der Waals surface area contributed by atoms with Crippen molar-refractivity contribution in [2.75, 3.05) is 0 Å². The molecule has 11 rings (SSSR count). The molecule has 6 nitrogen and oxygen atoms in total. The van der Waals surface area contributed by atoms with E-state index in [9.17, 15) is 0 Å². The number of fused-ring (bicyclic) bond motifs is 9. The molecule has 0 N–H and O–H groups in total. The Bertz CT molecular complexity index is 3540. The fourth-order valence-corrected chi connectivity index (χ4v) is 9.39. The average Bonchev–Trinajstić information content (AvgIpc) is 3.95. The number of para-hydroxylation sites is 1. The van der Waals surface area contributed by atoms with Crippen molar-refractivity contribution in [3.8, 4) is 39.9 Å². The number of nitrogens with zero attached hydrogens (tertiary/aromatic N) is 4. The summed E-state index contributed by atoms with van der Waals surface area (Å²) in [6.07, 6.45) is 0. The molecule has 0 atom stereocenters. The monoisotopic (exact) mass is 750 g/mol. The highest BCUT2D eigenvalue weighted by molar-refractivity contribution is 6.71. The van der Waals surface area contributed by atoms with E-state index in [2.05, 4.69) is 122 Å². The van der Waals surface area contributed by atoms with Crippen molar-refractivity contribution in [2.45, 2.75) is 0 Å². The van der Waals surface area contributed by atoms with Gasteiger partial charge in [0.25, 0.3) is 0 Å². The maximum Gasteiger partial charge on any atom is 0.164 e. The summed E-state index contributed by atoms with van der Waals surface area (Å²) in [7, 11) is 18.2. The van der Waals surface area contributed by atoms with Crippen LogP contribution in [0.5, 0.6) is 0 Å². The Labute approximate surface area is 348 Å². The molecule has 4 heterocycles. The van der Waals surface area contributed by atoms with Gasteiger partial charge < -0.3 is 13.4 Å². The van der Waals surface area contributed by atoms with Crippen LogP contribution in [0.25, 0.3) is 106 Å². The Morgan fingerprint density at radius 1 is 0.356 bits per heavy atom. The second kappa shape index (κ2) is 13.0. The minimum atomic E-state index is 0.569. The van der Waals surface area contributed by atoms with Gasteiger partial charge in [0.05, 0.1) is 0 Å². The number of benzene rings is 7. The lowest BCUT2D eigenvalue weighted by Crippen LogP contribution is -2.49. The number of hydrogen-bond donors (Lipinski definition) is 0. The molecule has 4 aromatic heterocycles. The van der Waals surface area contributed by atoms with Gasteiger partial charge in [-0.1, -0.05) is 93.4 Å². The molecule has 270 valence electrons. The molecule has 0 unspecified atom stereocenters. The lowest BCUT2D eigenvalue weighted by molar-refractivity contribution is 0.668. The van der Waals surface area contributed by atoms with Crippen molar-refractivity contribution in [1.29, 1.82) is 0 Å². The van der Waals surface area contributed by atoms with E-state index in [1.54, 1.807) is 0 Å². The minimum Gasteiger partial charge on any atom is -0.456 e. The van der Waals surface area contributed by atoms with Crippen LogP contribution in [0, 0.1) is 0 Å². The van der Waals surface area contributed by atoms with Gasteiger partial charge >= 0.3 is 0 Å². The van der Waals surface area contributed by atoms with Crippen molar-refractivity contribution in [3.63, 3.8) is 0 Å². The van der Waals surface area contributed by atoms with E-state index in [0.29, 0.717) is 17.5 Å². The first-order valence-electron chi connectivity index (χ1n) is 20.3. The van der Waals surface area contributed by atoms with Gasteiger partial charge in [0.15, 0.2) is 17.5 Å². The SMILES string of the molecule is Bc1c(B)c(B)c2c(c1B)c1c(B)c(B)c(B)c(B)c1n2-c1ccc2c(c1)oc1cc(-c3nc(-c4ccccc4)nc(-c4ccc5c(c4)oc4ccccc45)n3)ccc12. The van der Waals surface area contributed by atoms with Crippen LogP contribution in [0.4, 0.5) is 0 Å². The van der Waals surface area contributed by atoms with Gasteiger partial charge in [-0.3, -0.25) is 0 Å². The first-order chi connectivity index (χ1) is 28.6. The molecule has 0 bridgehead atoms. The fraction of sp³-hybridized carbons (Fsp3) is 0. The minimum absolute atomic E-state index is 0.569. The van der Waals surface area contributed by atoms with Gasteiger partial charge in [0, 0.05) is 61.0 Å². The summed E-state index contributed by atoms with van der Waals surface area (Å²) >= 11 is 0. The molecule has 0 radical (unpaired) electrons. The first kappa shape index (κ1) is 35.6. The van der Waals surface area contributed by atoms with Crippen LogP contribution < -0.4 is 43.7 Å². The summed E-state index contributed by atoms with van der Waals surface area (Å²) < 4.78 is 15.5. The molecule has 7 aromatic carbocycles. The van der Waals surface area contributed by atoms with E-state index in [1.807, 2.05) is 54.6 Å². The van der Waals surface area contributed by atoms with Crippen LogP contribution in [0.15, 0.2) is 118 Å². The van der Waals surface area contributed by atoms with Gasteiger partial charge in [0.2, 0.25) is 0 Å². The predicted molar refractivity (Wildman–Crippen MR) is 270 cm³/mol. The lowest BCUT2D eigenvalue weighted by atomic mass is 9.63. The van der Waals surface area contributed by atoms with E-state index in [1.165, 1.54) is 65.5 Å². The highest BCUT2D eigenvalue weighted by Gasteiger charge is 2.24. The second-order valence-electron chi connectivity index (χ2n) is 16.3. The molecule has 0 spiro atoms. The van der Waals surface area contributed by atoms with Crippen molar-refractivity contribution in [1.82, 2.24) is 19.5 Å². The van der Waals surface area contributed by atoms with Gasteiger partial charge in [-0.15, -0.1) is 10.9 Å². The van der Waals surface area contributed by atoms with Gasteiger partial charge in [-0.25, -0.2) is 15.0 Å². The van der Waals surface area contributed by atoms with Gasteiger partial charge in [-0.05, 0) is 53.2 Å². The summed E-state index contributed by atoms with van der Waals surface area (Å²) in [4.78, 5) is 15.1. The average molecular weight is 749 g/mol. The molecule has 0 saturated heterocycles. The van der Waals surface area contributed by atoms with Crippen molar-refractivity contribution in [2.24, 2.45) is 0 Å². The molecular weight excluding hydrogens is 715 g/mol. The fourth-order valence-electron chi connectivity index (χ4n) is 9.39. The van der Waals surface area contributed by atoms with Crippen LogP contribution in [0.2, 0.25) is 0 Å². The van der Waals surface area contributed by atoms with Crippen molar-refractivity contribution in [3.05, 3.63) is 109 Å². The molecule has 11 aromatic rings. The zero-order valence-corrected chi connectivity index (χ0v) is 34.5. The van der Waals surface area contributed by atoms with Crippen LogP contribution in [-0.4, -0.2) is 82.3 Å². The first-order valence-corrected chi connectivity index (χ1v) is 20.3. The molecule has 0 saturated carbocycles. The van der Waals surface area contributed by atoms with E-state index < -0.39 is 0 Å².